The van der Waals surface area contributed by atoms with Gasteiger partial charge in [0.25, 0.3) is 0 Å². The van der Waals surface area contributed by atoms with Crippen LogP contribution in [0.4, 0.5) is 10.3 Å². The van der Waals surface area contributed by atoms with Gasteiger partial charge in [-0.05, 0) is 43.8 Å². The van der Waals surface area contributed by atoms with E-state index in [2.05, 4.69) is 20.6 Å². The molecule has 1 heterocycles. The number of benzene rings is 1. The zero-order valence-electron chi connectivity index (χ0n) is 15.2. The van der Waals surface area contributed by atoms with E-state index in [-0.39, 0.29) is 29.7 Å². The van der Waals surface area contributed by atoms with Gasteiger partial charge in [-0.1, -0.05) is 12.1 Å². The Morgan fingerprint density at radius 3 is 2.57 bits per heavy atom. The Morgan fingerprint density at radius 1 is 1.32 bits per heavy atom. The number of anilines is 1. The van der Waals surface area contributed by atoms with Gasteiger partial charge >= 0.3 is 11.9 Å². The number of rotatable bonds is 7. The molecule has 0 spiro atoms. The number of esters is 1. The molecule has 2 aromatic rings. The Labute approximate surface area is 166 Å². The zero-order valence-corrected chi connectivity index (χ0v) is 16.0. The van der Waals surface area contributed by atoms with Gasteiger partial charge in [-0.3, -0.25) is 4.79 Å². The quantitative estimate of drug-likeness (QED) is 0.471. The molecule has 28 heavy (non-hydrogen) atoms. The molecule has 0 aliphatic rings. The highest BCUT2D eigenvalue weighted by molar-refractivity contribution is 7.80. The van der Waals surface area contributed by atoms with Crippen LogP contribution in [0.25, 0.3) is 0 Å². The third-order valence-corrected chi connectivity index (χ3v) is 3.88. The molecule has 0 radical (unpaired) electrons. The van der Waals surface area contributed by atoms with E-state index in [1.165, 1.54) is 30.5 Å². The lowest BCUT2D eigenvalue weighted by molar-refractivity contribution is -0.137. The van der Waals surface area contributed by atoms with Gasteiger partial charge in [-0.2, -0.15) is 0 Å². The molecule has 0 fully saturated rings. The molecular formula is C18H19FN4O4S. The summed E-state index contributed by atoms with van der Waals surface area (Å²) in [6, 6.07) is 4.75. The normalized spacial score (nSPS) is 11.4. The average Bonchev–Trinajstić information content (AvgIpc) is 2.61. The molecule has 3 N–H and O–H groups in total. The summed E-state index contributed by atoms with van der Waals surface area (Å²) in [4.78, 5) is 31.1. The standard InChI is InChI=1S/C18H19FN4O4S/c1-3-27-16(26)13-9-20-17(21-10(13)2)23-18(28)22-14(8-15(24)25)11-4-6-12(19)7-5-11/h4-7,9,14H,3,8H2,1-2H3,(H,24,25)(H2,20,21,22,23,28)/t14-/m0/s1. The molecule has 2 rings (SSSR count). The number of nitrogens with one attached hydrogen (secondary N) is 2. The molecule has 0 unspecified atom stereocenters. The van der Waals surface area contributed by atoms with Crippen molar-refractivity contribution in [2.75, 3.05) is 11.9 Å². The number of hydrogen-bond donors (Lipinski definition) is 3. The monoisotopic (exact) mass is 406 g/mol. The van der Waals surface area contributed by atoms with Crippen molar-refractivity contribution in [3.63, 3.8) is 0 Å². The van der Waals surface area contributed by atoms with Gasteiger partial charge < -0.3 is 20.5 Å². The summed E-state index contributed by atoms with van der Waals surface area (Å²) >= 11 is 5.20. The minimum Gasteiger partial charge on any atom is -0.481 e. The van der Waals surface area contributed by atoms with Gasteiger partial charge in [0.15, 0.2) is 5.11 Å². The van der Waals surface area contributed by atoms with E-state index >= 15 is 0 Å². The van der Waals surface area contributed by atoms with Crippen LogP contribution in [0, 0.1) is 12.7 Å². The number of aromatic nitrogens is 2. The van der Waals surface area contributed by atoms with Crippen molar-refractivity contribution in [2.24, 2.45) is 0 Å². The molecule has 0 aliphatic carbocycles. The first-order valence-corrected chi connectivity index (χ1v) is 8.76. The SMILES string of the molecule is CCOC(=O)c1cnc(NC(=S)N[C@@H](CC(=O)O)c2ccc(F)cc2)nc1C. The van der Waals surface area contributed by atoms with Crippen molar-refractivity contribution >= 4 is 35.2 Å². The first kappa shape index (κ1) is 21.2. The number of hydrogen-bond acceptors (Lipinski definition) is 6. The van der Waals surface area contributed by atoms with Crippen LogP contribution in [0.2, 0.25) is 0 Å². The van der Waals surface area contributed by atoms with Crippen LogP contribution in [0.5, 0.6) is 0 Å². The minimum atomic E-state index is -1.05. The Kier molecular flexibility index (Phi) is 7.33. The van der Waals surface area contributed by atoms with Crippen molar-refractivity contribution in [3.05, 3.63) is 53.1 Å². The highest BCUT2D eigenvalue weighted by Crippen LogP contribution is 2.18. The van der Waals surface area contributed by atoms with E-state index in [4.69, 9.17) is 22.1 Å². The topological polar surface area (TPSA) is 113 Å². The first-order valence-electron chi connectivity index (χ1n) is 8.35. The third kappa shape index (κ3) is 5.95. The summed E-state index contributed by atoms with van der Waals surface area (Å²) in [5.41, 5.74) is 1.20. The van der Waals surface area contributed by atoms with Gasteiger partial charge in [-0.25, -0.2) is 19.2 Å². The molecule has 0 amide bonds. The van der Waals surface area contributed by atoms with E-state index in [9.17, 15) is 14.0 Å². The molecule has 0 saturated heterocycles. The van der Waals surface area contributed by atoms with Gasteiger partial charge in [0.2, 0.25) is 5.95 Å². The first-order chi connectivity index (χ1) is 13.3. The number of aliphatic carboxylic acids is 1. The predicted octanol–water partition coefficient (Wildman–Crippen LogP) is 2.60. The van der Waals surface area contributed by atoms with Gasteiger partial charge in [0.1, 0.15) is 5.82 Å². The van der Waals surface area contributed by atoms with Crippen LogP contribution in [-0.2, 0) is 9.53 Å². The highest BCUT2D eigenvalue weighted by atomic mass is 32.1. The van der Waals surface area contributed by atoms with E-state index in [0.717, 1.165) is 0 Å². The Morgan fingerprint density at radius 2 is 2.00 bits per heavy atom. The molecule has 1 aromatic carbocycles. The fraction of sp³-hybridized carbons (Fsp3) is 0.278. The van der Waals surface area contributed by atoms with Crippen LogP contribution in [-0.4, -0.2) is 38.7 Å². The van der Waals surface area contributed by atoms with E-state index in [0.29, 0.717) is 11.3 Å². The van der Waals surface area contributed by atoms with E-state index < -0.39 is 23.8 Å². The summed E-state index contributed by atoms with van der Waals surface area (Å²) in [6.45, 7) is 3.56. The zero-order chi connectivity index (χ0) is 20.7. The molecule has 148 valence electrons. The summed E-state index contributed by atoms with van der Waals surface area (Å²) < 4.78 is 18.0. The summed E-state index contributed by atoms with van der Waals surface area (Å²) in [5.74, 6) is -1.86. The van der Waals surface area contributed by atoms with E-state index in [1.807, 2.05) is 0 Å². The van der Waals surface area contributed by atoms with Gasteiger partial charge in [0, 0.05) is 6.20 Å². The van der Waals surface area contributed by atoms with Crippen LogP contribution < -0.4 is 10.6 Å². The number of carboxylic acid groups (broad SMARTS) is 1. The van der Waals surface area contributed by atoms with Gasteiger partial charge in [-0.15, -0.1) is 0 Å². The maximum absolute atomic E-state index is 13.1. The number of carbonyl (C=O) groups is 2. The second-order valence-corrected chi connectivity index (χ2v) is 6.12. The second kappa shape index (κ2) is 9.70. The lowest BCUT2D eigenvalue weighted by atomic mass is 10.0. The number of thiocarbonyl (C=S) groups is 1. The third-order valence-electron chi connectivity index (χ3n) is 3.66. The van der Waals surface area contributed by atoms with Crippen molar-refractivity contribution in [1.82, 2.24) is 15.3 Å². The maximum Gasteiger partial charge on any atom is 0.341 e. The fourth-order valence-electron chi connectivity index (χ4n) is 2.35. The number of carboxylic acids is 1. The maximum atomic E-state index is 13.1. The number of nitrogens with zero attached hydrogens (tertiary/aromatic N) is 2. The smallest absolute Gasteiger partial charge is 0.341 e. The molecule has 0 aliphatic heterocycles. The molecule has 10 heteroatoms. The highest BCUT2D eigenvalue weighted by Gasteiger charge is 2.18. The molecule has 0 saturated carbocycles. The Hall–Kier alpha value is -3.14. The van der Waals surface area contributed by atoms with Crippen molar-refractivity contribution in [2.45, 2.75) is 26.3 Å². The molecule has 1 aromatic heterocycles. The summed E-state index contributed by atoms with van der Waals surface area (Å²) in [7, 11) is 0. The fourth-order valence-corrected chi connectivity index (χ4v) is 2.59. The van der Waals surface area contributed by atoms with Crippen LogP contribution in [0.1, 0.15) is 41.0 Å². The van der Waals surface area contributed by atoms with E-state index in [1.54, 1.807) is 13.8 Å². The van der Waals surface area contributed by atoms with Gasteiger partial charge in [0.05, 0.1) is 30.3 Å². The van der Waals surface area contributed by atoms with Crippen LogP contribution >= 0.6 is 12.2 Å². The lowest BCUT2D eigenvalue weighted by Gasteiger charge is -2.19. The Bertz CT molecular complexity index is 876. The number of halogens is 1. The van der Waals surface area contributed by atoms with Crippen LogP contribution in [0.3, 0.4) is 0 Å². The average molecular weight is 406 g/mol. The summed E-state index contributed by atoms with van der Waals surface area (Å²) in [5, 5.41) is 14.8. The molecule has 8 nitrogen and oxygen atoms in total. The number of carbonyl (C=O) groups excluding carboxylic acids is 1. The largest absolute Gasteiger partial charge is 0.481 e. The minimum absolute atomic E-state index is 0.0823. The molecular weight excluding hydrogens is 387 g/mol. The Balaban J connectivity index is 2.09. The molecule has 1 atom stereocenters. The second-order valence-electron chi connectivity index (χ2n) is 5.71. The lowest BCUT2D eigenvalue weighted by Crippen LogP contribution is -2.34. The molecule has 0 bridgehead atoms. The number of ether oxygens (including phenoxy) is 1. The van der Waals surface area contributed by atoms with Crippen molar-refractivity contribution in [3.8, 4) is 0 Å². The van der Waals surface area contributed by atoms with Crippen molar-refractivity contribution in [1.29, 1.82) is 0 Å². The predicted molar refractivity (Wildman–Crippen MR) is 103 cm³/mol. The number of aryl methyl sites for hydroxylation is 1. The summed E-state index contributed by atoms with van der Waals surface area (Å²) in [6.07, 6.45) is 1.05. The van der Waals surface area contributed by atoms with Crippen molar-refractivity contribution < 1.29 is 23.8 Å². The van der Waals surface area contributed by atoms with Crippen LogP contribution in [0.15, 0.2) is 30.5 Å².